The van der Waals surface area contributed by atoms with Crippen molar-refractivity contribution in [2.75, 3.05) is 7.11 Å². The number of rotatable bonds is 7. The first-order chi connectivity index (χ1) is 12.5. The molecule has 134 valence electrons. The van der Waals surface area contributed by atoms with Crippen molar-refractivity contribution >= 4 is 39.7 Å². The highest BCUT2D eigenvalue weighted by molar-refractivity contribution is 9.10. The third-order valence-electron chi connectivity index (χ3n) is 3.19. The van der Waals surface area contributed by atoms with Crippen LogP contribution in [0, 0.1) is 11.3 Å². The highest BCUT2D eigenvalue weighted by Crippen LogP contribution is 2.36. The van der Waals surface area contributed by atoms with Gasteiger partial charge in [-0.25, -0.2) is 5.43 Å². The molecule has 0 radical (unpaired) electrons. The Morgan fingerprint density at radius 1 is 1.38 bits per heavy atom. The van der Waals surface area contributed by atoms with Crippen molar-refractivity contribution in [1.82, 2.24) is 5.43 Å². The molecule has 0 bridgehead atoms. The van der Waals surface area contributed by atoms with E-state index < -0.39 is 5.91 Å². The van der Waals surface area contributed by atoms with Gasteiger partial charge in [0.05, 0.1) is 23.9 Å². The lowest BCUT2D eigenvalue weighted by Gasteiger charge is -2.13. The van der Waals surface area contributed by atoms with Gasteiger partial charge in [-0.2, -0.15) is 10.4 Å². The van der Waals surface area contributed by atoms with Crippen molar-refractivity contribution in [2.45, 2.75) is 13.0 Å². The molecule has 2 aromatic rings. The molecule has 2 rings (SSSR count). The number of nitrogens with one attached hydrogen (secondary N) is 1. The predicted octanol–water partition coefficient (Wildman–Crippen LogP) is 4.05. The molecule has 26 heavy (non-hydrogen) atoms. The fraction of sp³-hybridized carbons (Fsp3) is 0.167. The normalized spacial score (nSPS) is 10.4. The van der Waals surface area contributed by atoms with Crippen LogP contribution in [0.4, 0.5) is 0 Å². The van der Waals surface area contributed by atoms with E-state index in [-0.39, 0.29) is 6.42 Å². The number of carbonyl (C=O) groups is 1. The zero-order valence-electron chi connectivity index (χ0n) is 13.8. The first-order valence-electron chi connectivity index (χ1n) is 7.47. The van der Waals surface area contributed by atoms with Crippen LogP contribution >= 0.6 is 27.5 Å². The summed E-state index contributed by atoms with van der Waals surface area (Å²) in [6, 6.07) is 12.6. The summed E-state index contributed by atoms with van der Waals surface area (Å²) in [6.07, 6.45) is 1.20. The molecule has 0 unspecified atom stereocenters. The second kappa shape index (κ2) is 9.80. The van der Waals surface area contributed by atoms with Crippen molar-refractivity contribution in [3.8, 4) is 17.6 Å². The van der Waals surface area contributed by atoms with E-state index in [1.54, 1.807) is 30.3 Å². The number of benzene rings is 2. The zero-order chi connectivity index (χ0) is 18.9. The minimum Gasteiger partial charge on any atom is -0.493 e. The molecular formula is C18H15BrClN3O3. The highest BCUT2D eigenvalue weighted by atomic mass is 79.9. The molecule has 0 atom stereocenters. The van der Waals surface area contributed by atoms with E-state index in [0.29, 0.717) is 33.2 Å². The molecule has 6 nitrogen and oxygen atoms in total. The molecule has 0 aliphatic carbocycles. The van der Waals surface area contributed by atoms with Crippen LogP contribution in [0.3, 0.4) is 0 Å². The minimum absolute atomic E-state index is 0.248. The summed E-state index contributed by atoms with van der Waals surface area (Å²) in [5.74, 6) is 0.587. The first-order valence-corrected chi connectivity index (χ1v) is 8.64. The molecule has 0 heterocycles. The summed E-state index contributed by atoms with van der Waals surface area (Å²) in [5.41, 5.74) is 3.92. The lowest BCUT2D eigenvalue weighted by atomic mass is 10.2. The molecule has 1 N–H and O–H groups in total. The number of hydrogen-bond donors (Lipinski definition) is 1. The summed E-state index contributed by atoms with van der Waals surface area (Å²) >= 11 is 9.33. The maximum Gasteiger partial charge on any atom is 0.254 e. The Kier molecular flexibility index (Phi) is 7.45. The van der Waals surface area contributed by atoms with Gasteiger partial charge in [0.2, 0.25) is 0 Å². The number of nitrogens with zero attached hydrogens (tertiary/aromatic N) is 2. The Morgan fingerprint density at radius 2 is 2.12 bits per heavy atom. The maximum absolute atomic E-state index is 11.2. The Hall–Kier alpha value is -2.56. The molecule has 0 aromatic heterocycles. The average Bonchev–Trinajstić information content (AvgIpc) is 2.62. The molecule has 0 aliphatic heterocycles. The molecule has 1 amide bonds. The number of nitriles is 1. The fourth-order valence-corrected chi connectivity index (χ4v) is 2.68. The first kappa shape index (κ1) is 19.8. The van der Waals surface area contributed by atoms with Gasteiger partial charge in [-0.15, -0.1) is 0 Å². The average molecular weight is 437 g/mol. The largest absolute Gasteiger partial charge is 0.493 e. The van der Waals surface area contributed by atoms with Crippen LogP contribution in [-0.2, 0) is 11.4 Å². The van der Waals surface area contributed by atoms with Crippen molar-refractivity contribution in [2.24, 2.45) is 5.10 Å². The van der Waals surface area contributed by atoms with Crippen molar-refractivity contribution < 1.29 is 14.3 Å². The molecule has 0 fully saturated rings. The van der Waals surface area contributed by atoms with Crippen LogP contribution in [0.1, 0.15) is 17.5 Å². The lowest BCUT2D eigenvalue weighted by Crippen LogP contribution is -2.16. The van der Waals surface area contributed by atoms with Gasteiger partial charge in [0.25, 0.3) is 5.91 Å². The van der Waals surface area contributed by atoms with Crippen molar-refractivity contribution in [1.29, 1.82) is 5.26 Å². The highest BCUT2D eigenvalue weighted by Gasteiger charge is 2.11. The van der Waals surface area contributed by atoms with E-state index >= 15 is 0 Å². The quantitative estimate of drug-likeness (QED) is 0.524. The Balaban J connectivity index is 2.10. The van der Waals surface area contributed by atoms with Crippen molar-refractivity contribution in [3.63, 3.8) is 0 Å². The molecule has 0 saturated carbocycles. The molecule has 0 saturated heterocycles. The van der Waals surface area contributed by atoms with Gasteiger partial charge in [-0.3, -0.25) is 4.79 Å². The Bertz CT molecular complexity index is 848. The second-order valence-corrected chi connectivity index (χ2v) is 6.37. The van der Waals surface area contributed by atoms with Gasteiger partial charge in [-0.1, -0.05) is 23.7 Å². The van der Waals surface area contributed by atoms with Crippen molar-refractivity contribution in [3.05, 3.63) is 57.0 Å². The predicted molar refractivity (Wildman–Crippen MR) is 102 cm³/mol. The molecule has 0 aliphatic rings. The van der Waals surface area contributed by atoms with Gasteiger partial charge in [0.1, 0.15) is 13.0 Å². The number of amides is 1. The summed E-state index contributed by atoms with van der Waals surface area (Å²) in [5, 5.41) is 12.9. The third-order valence-corrected chi connectivity index (χ3v) is 4.03. The fourth-order valence-electron chi connectivity index (χ4n) is 1.98. The monoisotopic (exact) mass is 435 g/mol. The smallest absolute Gasteiger partial charge is 0.254 e. The van der Waals surface area contributed by atoms with E-state index in [2.05, 4.69) is 26.5 Å². The Labute approximate surface area is 164 Å². The van der Waals surface area contributed by atoms with Crippen LogP contribution in [0.15, 0.2) is 46.0 Å². The zero-order valence-corrected chi connectivity index (χ0v) is 16.2. The standard InChI is InChI=1S/C18H15BrClN3O3/c1-25-16-9-13(10-22-23-17(24)6-7-21)8-15(19)18(16)26-11-12-2-4-14(20)5-3-12/h2-5,8-10H,6,11H2,1H3,(H,23,24)/b22-10-. The number of carbonyl (C=O) groups excluding carboxylic acids is 1. The number of halogens is 2. The van der Waals surface area contributed by atoms with Gasteiger partial charge < -0.3 is 9.47 Å². The maximum atomic E-state index is 11.2. The van der Waals surface area contributed by atoms with Crippen LogP contribution in [0.2, 0.25) is 5.02 Å². The van der Waals surface area contributed by atoms with Crippen LogP contribution in [0.25, 0.3) is 0 Å². The van der Waals surface area contributed by atoms with Gasteiger partial charge in [-0.05, 0) is 51.3 Å². The molecular weight excluding hydrogens is 422 g/mol. The summed E-state index contributed by atoms with van der Waals surface area (Å²) in [7, 11) is 1.53. The van der Waals surface area contributed by atoms with E-state index in [1.807, 2.05) is 12.1 Å². The topological polar surface area (TPSA) is 83.7 Å². The molecule has 0 spiro atoms. The third kappa shape index (κ3) is 5.76. The van der Waals surface area contributed by atoms with Gasteiger partial charge in [0, 0.05) is 5.02 Å². The SMILES string of the molecule is COc1cc(/C=N\NC(=O)CC#N)cc(Br)c1OCc1ccc(Cl)cc1. The number of hydrogen-bond acceptors (Lipinski definition) is 5. The van der Waals surface area contributed by atoms with E-state index in [4.69, 9.17) is 26.3 Å². The minimum atomic E-state index is -0.474. The molecule has 8 heteroatoms. The Morgan fingerprint density at radius 3 is 2.77 bits per heavy atom. The summed E-state index contributed by atoms with van der Waals surface area (Å²) in [4.78, 5) is 11.2. The van der Waals surface area contributed by atoms with E-state index in [1.165, 1.54) is 13.3 Å². The van der Waals surface area contributed by atoms with Crippen LogP contribution in [-0.4, -0.2) is 19.2 Å². The summed E-state index contributed by atoms with van der Waals surface area (Å²) < 4.78 is 11.9. The lowest BCUT2D eigenvalue weighted by molar-refractivity contribution is -0.120. The van der Waals surface area contributed by atoms with E-state index in [0.717, 1.165) is 5.56 Å². The van der Waals surface area contributed by atoms with Crippen LogP contribution < -0.4 is 14.9 Å². The van der Waals surface area contributed by atoms with E-state index in [9.17, 15) is 4.79 Å². The van der Waals surface area contributed by atoms with Gasteiger partial charge in [0.15, 0.2) is 11.5 Å². The number of ether oxygens (including phenoxy) is 2. The number of hydrazone groups is 1. The molecule has 2 aromatic carbocycles. The van der Waals surface area contributed by atoms with Crippen LogP contribution in [0.5, 0.6) is 11.5 Å². The van der Waals surface area contributed by atoms with Gasteiger partial charge >= 0.3 is 0 Å². The number of methoxy groups -OCH3 is 1. The second-order valence-electron chi connectivity index (χ2n) is 5.08. The summed E-state index contributed by atoms with van der Waals surface area (Å²) in [6.45, 7) is 0.351.